The molecular weight excluding hydrogens is 242 g/mol. The first-order valence-electron chi connectivity index (χ1n) is 5.56. The van der Waals surface area contributed by atoms with Crippen LogP contribution >= 0.6 is 0 Å². The predicted octanol–water partition coefficient (Wildman–Crippen LogP) is -0.565. The number of carbonyl (C=O) groups excluding carboxylic acids is 1. The lowest BCUT2D eigenvalue weighted by molar-refractivity contribution is -0.394. The van der Waals surface area contributed by atoms with E-state index in [0.29, 0.717) is 26.3 Å². The summed E-state index contributed by atoms with van der Waals surface area (Å²) in [7, 11) is 0. The van der Waals surface area contributed by atoms with E-state index < -0.39 is 10.9 Å². The van der Waals surface area contributed by atoms with Crippen LogP contribution in [0.15, 0.2) is 6.33 Å². The highest BCUT2D eigenvalue weighted by Gasteiger charge is 2.18. The Morgan fingerprint density at radius 1 is 1.50 bits per heavy atom. The lowest BCUT2D eigenvalue weighted by Gasteiger charge is -2.26. The molecule has 0 saturated carbocycles. The maximum absolute atomic E-state index is 11.8. The summed E-state index contributed by atoms with van der Waals surface area (Å²) >= 11 is 0. The van der Waals surface area contributed by atoms with Gasteiger partial charge in [-0.3, -0.25) is 4.79 Å². The van der Waals surface area contributed by atoms with Crippen LogP contribution in [-0.2, 0) is 16.1 Å². The molecule has 0 unspecified atom stereocenters. The van der Waals surface area contributed by atoms with Crippen molar-refractivity contribution in [3.8, 4) is 0 Å². The van der Waals surface area contributed by atoms with Gasteiger partial charge in [-0.25, -0.2) is 0 Å². The second kappa shape index (κ2) is 5.54. The molecule has 2 rings (SSSR count). The average molecular weight is 255 g/mol. The highest BCUT2D eigenvalue weighted by atomic mass is 16.6. The van der Waals surface area contributed by atoms with E-state index in [0.717, 1.165) is 0 Å². The van der Waals surface area contributed by atoms with E-state index in [1.807, 2.05) is 0 Å². The summed E-state index contributed by atoms with van der Waals surface area (Å²) in [6.07, 6.45) is 1.51. The van der Waals surface area contributed by atoms with Crippen LogP contribution in [0.25, 0.3) is 0 Å². The molecule has 1 fully saturated rings. The van der Waals surface area contributed by atoms with Crippen molar-refractivity contribution in [1.82, 2.24) is 19.7 Å². The number of nitrogens with zero attached hydrogens (tertiary/aromatic N) is 5. The average Bonchev–Trinajstić information content (AvgIpc) is 2.86. The van der Waals surface area contributed by atoms with Crippen LogP contribution < -0.4 is 0 Å². The lowest BCUT2D eigenvalue weighted by Crippen LogP contribution is -2.41. The fourth-order valence-electron chi connectivity index (χ4n) is 1.66. The Morgan fingerprint density at radius 3 is 2.83 bits per heavy atom. The quantitative estimate of drug-likeness (QED) is 0.527. The van der Waals surface area contributed by atoms with Crippen molar-refractivity contribution in [2.75, 3.05) is 26.3 Å². The van der Waals surface area contributed by atoms with Gasteiger partial charge in [0.05, 0.1) is 19.8 Å². The van der Waals surface area contributed by atoms with E-state index in [1.165, 1.54) is 11.0 Å². The van der Waals surface area contributed by atoms with E-state index in [1.54, 1.807) is 4.90 Å². The Bertz CT molecular complexity index is 440. The third-order valence-electron chi connectivity index (χ3n) is 2.61. The monoisotopic (exact) mass is 255 g/mol. The van der Waals surface area contributed by atoms with Crippen LogP contribution in [0.2, 0.25) is 0 Å². The van der Waals surface area contributed by atoms with Gasteiger partial charge in [-0.2, -0.15) is 4.68 Å². The molecular formula is C9H13N5O4. The minimum Gasteiger partial charge on any atom is -0.390 e. The second-order valence-electron chi connectivity index (χ2n) is 3.81. The molecule has 0 aliphatic carbocycles. The van der Waals surface area contributed by atoms with Gasteiger partial charge in [0.25, 0.3) is 0 Å². The lowest BCUT2D eigenvalue weighted by atomic mass is 10.3. The molecule has 1 amide bonds. The van der Waals surface area contributed by atoms with Crippen molar-refractivity contribution in [3.63, 3.8) is 0 Å². The number of ether oxygens (including phenoxy) is 1. The molecule has 18 heavy (non-hydrogen) atoms. The fraction of sp³-hybridized carbons (Fsp3) is 0.667. The molecule has 0 bridgehead atoms. The van der Waals surface area contributed by atoms with Crippen molar-refractivity contribution in [1.29, 1.82) is 0 Å². The summed E-state index contributed by atoms with van der Waals surface area (Å²) in [6, 6.07) is 0. The molecule has 1 aromatic rings. The molecule has 1 saturated heterocycles. The van der Waals surface area contributed by atoms with Crippen molar-refractivity contribution in [2.45, 2.75) is 13.0 Å². The third-order valence-corrected chi connectivity index (χ3v) is 2.61. The van der Waals surface area contributed by atoms with Crippen molar-refractivity contribution < 1.29 is 14.5 Å². The highest BCUT2D eigenvalue weighted by molar-refractivity contribution is 5.76. The van der Waals surface area contributed by atoms with Gasteiger partial charge in [-0.1, -0.05) is 4.98 Å². The maximum Gasteiger partial charge on any atom is 0.490 e. The molecule has 1 aliphatic rings. The minimum atomic E-state index is -0.666. The Labute approximate surface area is 102 Å². The van der Waals surface area contributed by atoms with E-state index >= 15 is 0 Å². The van der Waals surface area contributed by atoms with Crippen LogP contribution in [-0.4, -0.2) is 56.8 Å². The van der Waals surface area contributed by atoms with Crippen molar-refractivity contribution in [3.05, 3.63) is 16.4 Å². The first kappa shape index (κ1) is 12.4. The van der Waals surface area contributed by atoms with Crippen LogP contribution in [0.3, 0.4) is 0 Å². The van der Waals surface area contributed by atoms with Gasteiger partial charge in [0.15, 0.2) is 0 Å². The van der Waals surface area contributed by atoms with Gasteiger partial charge < -0.3 is 19.8 Å². The number of aryl methyl sites for hydroxylation is 1. The van der Waals surface area contributed by atoms with Gasteiger partial charge in [-0.05, 0) is 4.92 Å². The maximum atomic E-state index is 11.8. The second-order valence-corrected chi connectivity index (χ2v) is 3.81. The Morgan fingerprint density at radius 2 is 2.22 bits per heavy atom. The number of amides is 1. The molecule has 9 heteroatoms. The molecule has 9 nitrogen and oxygen atoms in total. The van der Waals surface area contributed by atoms with Crippen LogP contribution in [0.5, 0.6) is 0 Å². The molecule has 1 aromatic heterocycles. The fourth-order valence-corrected chi connectivity index (χ4v) is 1.66. The Kier molecular flexibility index (Phi) is 3.82. The summed E-state index contributed by atoms with van der Waals surface area (Å²) in [5, 5.41) is 14.0. The van der Waals surface area contributed by atoms with Crippen molar-refractivity contribution >= 4 is 11.9 Å². The smallest absolute Gasteiger partial charge is 0.390 e. The summed E-state index contributed by atoms with van der Waals surface area (Å²) in [5.74, 6) is -0.453. The van der Waals surface area contributed by atoms with Gasteiger partial charge in [-0.15, -0.1) is 0 Å². The number of nitro groups is 1. The topological polar surface area (TPSA) is 103 Å². The van der Waals surface area contributed by atoms with E-state index in [9.17, 15) is 14.9 Å². The number of morpholine rings is 1. The normalized spacial score (nSPS) is 15.7. The van der Waals surface area contributed by atoms with Gasteiger partial charge >= 0.3 is 5.95 Å². The zero-order valence-corrected chi connectivity index (χ0v) is 9.69. The number of hydrogen-bond donors (Lipinski definition) is 0. The number of aromatic nitrogens is 3. The SMILES string of the molecule is O=C(CCn1cnc([N+](=O)[O-])n1)N1CCOCC1. The summed E-state index contributed by atoms with van der Waals surface area (Å²) < 4.78 is 6.45. The zero-order valence-electron chi connectivity index (χ0n) is 9.69. The molecule has 0 spiro atoms. The molecule has 1 aliphatic heterocycles. The predicted molar refractivity (Wildman–Crippen MR) is 58.7 cm³/mol. The molecule has 0 N–H and O–H groups in total. The summed E-state index contributed by atoms with van der Waals surface area (Å²) in [4.78, 5) is 26.7. The minimum absolute atomic E-state index is 0.00328. The highest BCUT2D eigenvalue weighted by Crippen LogP contribution is 2.03. The summed E-state index contributed by atoms with van der Waals surface area (Å²) in [5.41, 5.74) is 0. The summed E-state index contributed by atoms with van der Waals surface area (Å²) in [6.45, 7) is 2.59. The van der Waals surface area contributed by atoms with Gasteiger partial charge in [0.1, 0.15) is 0 Å². The largest absolute Gasteiger partial charge is 0.490 e. The van der Waals surface area contributed by atoms with Crippen molar-refractivity contribution in [2.24, 2.45) is 0 Å². The Balaban J connectivity index is 1.82. The number of rotatable bonds is 4. The molecule has 0 atom stereocenters. The molecule has 98 valence electrons. The first-order valence-corrected chi connectivity index (χ1v) is 5.56. The van der Waals surface area contributed by atoms with E-state index in [-0.39, 0.29) is 18.9 Å². The standard InChI is InChI=1S/C9H13N5O4/c15-8(12-3-5-18-6-4-12)1-2-13-7-10-9(11-13)14(16)17/h7H,1-6H2. The molecule has 0 radical (unpaired) electrons. The van der Waals surface area contributed by atoms with E-state index in [2.05, 4.69) is 10.1 Å². The van der Waals surface area contributed by atoms with Crippen LogP contribution in [0.1, 0.15) is 6.42 Å². The third kappa shape index (κ3) is 3.00. The Hall–Kier alpha value is -2.03. The molecule has 0 aromatic carbocycles. The first-order chi connectivity index (χ1) is 8.66. The number of carbonyl (C=O) groups is 1. The zero-order chi connectivity index (χ0) is 13.0. The number of hydrogen-bond acceptors (Lipinski definition) is 6. The van der Waals surface area contributed by atoms with Gasteiger partial charge in [0, 0.05) is 24.6 Å². The van der Waals surface area contributed by atoms with E-state index in [4.69, 9.17) is 4.74 Å². The molecule has 2 heterocycles. The van der Waals surface area contributed by atoms with Crippen LogP contribution in [0.4, 0.5) is 5.95 Å². The van der Waals surface area contributed by atoms with Gasteiger partial charge in [0.2, 0.25) is 12.2 Å². The van der Waals surface area contributed by atoms with Crippen LogP contribution in [0, 0.1) is 10.1 Å².